The van der Waals surface area contributed by atoms with E-state index in [-0.39, 0.29) is 12.0 Å². The van der Waals surface area contributed by atoms with Gasteiger partial charge in [-0.1, -0.05) is 30.3 Å². The van der Waals surface area contributed by atoms with Crippen LogP contribution in [-0.2, 0) is 16.0 Å². The van der Waals surface area contributed by atoms with Crippen molar-refractivity contribution in [3.8, 4) is 5.75 Å². The molecule has 2 aromatic carbocycles. The molecule has 1 atom stereocenters. The van der Waals surface area contributed by atoms with Crippen molar-refractivity contribution in [3.63, 3.8) is 0 Å². The second kappa shape index (κ2) is 8.87. The Labute approximate surface area is 148 Å². The number of hydrogen-bond acceptors (Lipinski definition) is 4. The van der Waals surface area contributed by atoms with E-state index in [0.717, 1.165) is 5.56 Å². The lowest BCUT2D eigenvalue weighted by molar-refractivity contribution is -0.142. The van der Waals surface area contributed by atoms with Crippen LogP contribution in [0.15, 0.2) is 54.6 Å². The number of benzene rings is 2. The van der Waals surface area contributed by atoms with Gasteiger partial charge >= 0.3 is 5.97 Å². The Hall–Kier alpha value is -2.82. The number of rotatable bonds is 7. The highest BCUT2D eigenvalue weighted by molar-refractivity contribution is 5.96. The second-order valence-corrected chi connectivity index (χ2v) is 5.93. The summed E-state index contributed by atoms with van der Waals surface area (Å²) in [6.07, 6.45) is 0.433. The molecule has 0 aliphatic carbocycles. The summed E-state index contributed by atoms with van der Waals surface area (Å²) in [5.41, 5.74) is 1.40. The summed E-state index contributed by atoms with van der Waals surface area (Å²) < 4.78 is 10.4. The SMILES string of the molecule is COC(=O)[C@@H](Cc1ccccc1)NC(=O)c1ccc(OC(C)C)cc1. The molecule has 132 valence electrons. The van der Waals surface area contributed by atoms with Crippen molar-refractivity contribution >= 4 is 11.9 Å². The third-order valence-electron chi connectivity index (χ3n) is 3.56. The quantitative estimate of drug-likeness (QED) is 0.786. The van der Waals surface area contributed by atoms with Crippen LogP contribution < -0.4 is 10.1 Å². The Morgan fingerprint density at radius 1 is 1.00 bits per heavy atom. The average Bonchev–Trinajstić information content (AvgIpc) is 2.61. The topological polar surface area (TPSA) is 64.6 Å². The molecule has 25 heavy (non-hydrogen) atoms. The smallest absolute Gasteiger partial charge is 0.328 e. The Morgan fingerprint density at radius 3 is 2.20 bits per heavy atom. The van der Waals surface area contributed by atoms with Crippen LogP contribution in [0.5, 0.6) is 5.75 Å². The summed E-state index contributed by atoms with van der Waals surface area (Å²) in [6, 6.07) is 15.5. The van der Waals surface area contributed by atoms with E-state index >= 15 is 0 Å². The second-order valence-electron chi connectivity index (χ2n) is 5.93. The first-order valence-corrected chi connectivity index (χ1v) is 8.19. The summed E-state index contributed by atoms with van der Waals surface area (Å²) in [4.78, 5) is 24.4. The van der Waals surface area contributed by atoms with E-state index in [9.17, 15) is 9.59 Å². The van der Waals surface area contributed by atoms with Crippen molar-refractivity contribution in [3.05, 3.63) is 65.7 Å². The number of esters is 1. The minimum absolute atomic E-state index is 0.0641. The molecule has 0 radical (unpaired) electrons. The van der Waals surface area contributed by atoms with Crippen molar-refractivity contribution in [2.75, 3.05) is 7.11 Å². The normalized spacial score (nSPS) is 11.7. The number of hydrogen-bond donors (Lipinski definition) is 1. The molecule has 0 bridgehead atoms. The minimum atomic E-state index is -0.744. The van der Waals surface area contributed by atoms with E-state index < -0.39 is 12.0 Å². The van der Waals surface area contributed by atoms with Crippen molar-refractivity contribution in [1.82, 2.24) is 5.32 Å². The standard InChI is InChI=1S/C20H23NO4/c1-14(2)25-17-11-9-16(10-12-17)19(22)21-18(20(23)24-3)13-15-7-5-4-6-8-15/h4-12,14,18H,13H2,1-3H3,(H,21,22)/t18-/m1/s1. The summed E-state index contributed by atoms with van der Waals surface area (Å²) in [5, 5.41) is 2.74. The van der Waals surface area contributed by atoms with Crippen molar-refractivity contribution in [2.24, 2.45) is 0 Å². The molecule has 0 heterocycles. The lowest BCUT2D eigenvalue weighted by Crippen LogP contribution is -2.43. The molecule has 0 fully saturated rings. The van der Waals surface area contributed by atoms with Gasteiger partial charge in [-0.2, -0.15) is 0 Å². The maximum Gasteiger partial charge on any atom is 0.328 e. The zero-order chi connectivity index (χ0) is 18.2. The minimum Gasteiger partial charge on any atom is -0.491 e. The number of carbonyl (C=O) groups is 2. The highest BCUT2D eigenvalue weighted by atomic mass is 16.5. The predicted molar refractivity (Wildman–Crippen MR) is 95.6 cm³/mol. The van der Waals surface area contributed by atoms with Gasteiger partial charge in [0, 0.05) is 12.0 Å². The van der Waals surface area contributed by atoms with E-state index in [4.69, 9.17) is 9.47 Å². The lowest BCUT2D eigenvalue weighted by Gasteiger charge is -2.17. The van der Waals surface area contributed by atoms with Gasteiger partial charge in [-0.25, -0.2) is 4.79 Å². The number of ether oxygens (including phenoxy) is 2. The lowest BCUT2D eigenvalue weighted by atomic mass is 10.1. The van der Waals surface area contributed by atoms with Crippen LogP contribution in [0.3, 0.4) is 0 Å². The van der Waals surface area contributed by atoms with E-state index in [2.05, 4.69) is 5.32 Å². The first kappa shape index (κ1) is 18.5. The molecule has 5 heteroatoms. The first-order valence-electron chi connectivity index (χ1n) is 8.19. The molecule has 2 rings (SSSR count). The van der Waals surface area contributed by atoms with E-state index in [0.29, 0.717) is 17.7 Å². The molecule has 0 aliphatic rings. The molecule has 1 N–H and O–H groups in total. The van der Waals surface area contributed by atoms with E-state index in [1.165, 1.54) is 7.11 Å². The fraction of sp³-hybridized carbons (Fsp3) is 0.300. The maximum absolute atomic E-state index is 12.4. The number of methoxy groups -OCH3 is 1. The first-order chi connectivity index (χ1) is 12.0. The van der Waals surface area contributed by atoms with Gasteiger partial charge in [0.25, 0.3) is 5.91 Å². The van der Waals surface area contributed by atoms with Crippen LogP contribution in [0, 0.1) is 0 Å². The average molecular weight is 341 g/mol. The third-order valence-corrected chi connectivity index (χ3v) is 3.56. The molecule has 0 aromatic heterocycles. The highest BCUT2D eigenvalue weighted by Gasteiger charge is 2.22. The molecule has 5 nitrogen and oxygen atoms in total. The Kier molecular flexibility index (Phi) is 6.57. The van der Waals surface area contributed by atoms with Gasteiger partial charge in [-0.15, -0.1) is 0 Å². The van der Waals surface area contributed by atoms with Crippen molar-refractivity contribution in [1.29, 1.82) is 0 Å². The zero-order valence-corrected chi connectivity index (χ0v) is 14.7. The summed E-state index contributed by atoms with van der Waals surface area (Å²) in [7, 11) is 1.31. The van der Waals surface area contributed by atoms with Gasteiger partial charge in [0.2, 0.25) is 0 Å². The number of carbonyl (C=O) groups excluding carboxylic acids is 2. The van der Waals surface area contributed by atoms with Crippen LogP contribution in [0.4, 0.5) is 0 Å². The van der Waals surface area contributed by atoms with Crippen molar-refractivity contribution < 1.29 is 19.1 Å². The summed E-state index contributed by atoms with van der Waals surface area (Å²) in [6.45, 7) is 3.87. The highest BCUT2D eigenvalue weighted by Crippen LogP contribution is 2.14. The Bertz CT molecular complexity index is 695. The van der Waals surface area contributed by atoms with Gasteiger partial charge < -0.3 is 14.8 Å². The third kappa shape index (κ3) is 5.64. The molecule has 0 spiro atoms. The Balaban J connectivity index is 2.07. The van der Waals surface area contributed by atoms with Crippen LogP contribution in [0.2, 0.25) is 0 Å². The predicted octanol–water partition coefficient (Wildman–Crippen LogP) is 2.99. The maximum atomic E-state index is 12.4. The monoisotopic (exact) mass is 341 g/mol. The van der Waals surface area contributed by atoms with E-state index in [1.54, 1.807) is 24.3 Å². The van der Waals surface area contributed by atoms with Crippen LogP contribution >= 0.6 is 0 Å². The fourth-order valence-electron chi connectivity index (χ4n) is 2.38. The van der Waals surface area contributed by atoms with Gasteiger partial charge in [0.15, 0.2) is 0 Å². The number of amides is 1. The van der Waals surface area contributed by atoms with Gasteiger partial charge in [-0.3, -0.25) is 4.79 Å². The summed E-state index contributed by atoms with van der Waals surface area (Å²) >= 11 is 0. The molecule has 0 saturated heterocycles. The molecular weight excluding hydrogens is 318 g/mol. The molecule has 1 amide bonds. The zero-order valence-electron chi connectivity index (χ0n) is 14.7. The van der Waals surface area contributed by atoms with E-state index in [1.807, 2.05) is 44.2 Å². The number of nitrogens with one attached hydrogen (secondary N) is 1. The van der Waals surface area contributed by atoms with Gasteiger partial charge in [0.1, 0.15) is 11.8 Å². The van der Waals surface area contributed by atoms with Crippen LogP contribution in [0.1, 0.15) is 29.8 Å². The van der Waals surface area contributed by atoms with Crippen LogP contribution in [0.25, 0.3) is 0 Å². The Morgan fingerprint density at radius 2 is 1.64 bits per heavy atom. The van der Waals surface area contributed by atoms with Gasteiger partial charge in [0.05, 0.1) is 13.2 Å². The molecular formula is C20H23NO4. The fourth-order valence-corrected chi connectivity index (χ4v) is 2.38. The molecule has 0 aliphatic heterocycles. The molecule has 0 unspecified atom stereocenters. The summed E-state index contributed by atoms with van der Waals surface area (Å²) in [5.74, 6) is -0.111. The molecule has 2 aromatic rings. The molecule has 0 saturated carbocycles. The largest absolute Gasteiger partial charge is 0.491 e. The van der Waals surface area contributed by atoms with Crippen molar-refractivity contribution in [2.45, 2.75) is 32.4 Å². The van der Waals surface area contributed by atoms with Crippen LogP contribution in [-0.4, -0.2) is 31.1 Å². The van der Waals surface area contributed by atoms with Gasteiger partial charge in [-0.05, 0) is 43.7 Å².